The average Bonchev–Trinajstić information content (AvgIpc) is 2.21. The summed E-state index contributed by atoms with van der Waals surface area (Å²) in [7, 11) is -4.31. The maximum atomic E-state index is 11.1. The van der Waals surface area contributed by atoms with Crippen LogP contribution in [0.1, 0.15) is 0 Å². The first kappa shape index (κ1) is 13.6. The smallest absolute Gasteiger partial charge is 0.295 e. The van der Waals surface area contributed by atoms with Gasteiger partial charge in [-0.2, -0.15) is 8.42 Å². The number of hydrogen-bond donors (Lipinski definition) is 3. The largest absolute Gasteiger partial charge is 0.505 e. The topological polar surface area (TPSA) is 101 Å². The van der Waals surface area contributed by atoms with Crippen LogP contribution in [0, 0.1) is 0 Å². The molecular weight excluding hydrogens is 266 g/mol. The molecular formula is C10H10ClNO4S. The van der Waals surface area contributed by atoms with Crippen molar-refractivity contribution in [1.82, 2.24) is 0 Å². The maximum absolute atomic E-state index is 11.1. The number of anilines is 1. The second kappa shape index (κ2) is 4.40. The zero-order chi connectivity index (χ0) is 11.9. The maximum Gasteiger partial charge on any atom is 0.295 e. The Balaban J connectivity index is 0.00000144. The number of nitrogens with two attached hydrogens (primary N) is 1. The van der Waals surface area contributed by atoms with Crippen molar-refractivity contribution < 1.29 is 18.1 Å². The van der Waals surface area contributed by atoms with Crippen LogP contribution in [0.5, 0.6) is 5.75 Å². The molecule has 0 aliphatic carbocycles. The zero-order valence-corrected chi connectivity index (χ0v) is 10.1. The van der Waals surface area contributed by atoms with Crippen molar-refractivity contribution in [2.24, 2.45) is 0 Å². The van der Waals surface area contributed by atoms with Gasteiger partial charge in [-0.15, -0.1) is 12.4 Å². The van der Waals surface area contributed by atoms with Crippen LogP contribution in [0.4, 0.5) is 5.69 Å². The van der Waals surface area contributed by atoms with Crippen molar-refractivity contribution >= 4 is 39.0 Å². The summed E-state index contributed by atoms with van der Waals surface area (Å²) in [5.41, 5.74) is 5.64. The van der Waals surface area contributed by atoms with E-state index in [1.165, 1.54) is 30.3 Å². The molecule has 5 nitrogen and oxygen atoms in total. The molecule has 7 heteroatoms. The van der Waals surface area contributed by atoms with E-state index in [0.29, 0.717) is 0 Å². The third-order valence-electron chi connectivity index (χ3n) is 2.30. The second-order valence-electron chi connectivity index (χ2n) is 3.33. The minimum Gasteiger partial charge on any atom is -0.505 e. The highest BCUT2D eigenvalue weighted by Crippen LogP contribution is 2.33. The van der Waals surface area contributed by atoms with Crippen LogP contribution in [-0.2, 0) is 10.1 Å². The molecule has 0 aromatic heterocycles. The Bertz CT molecular complexity index is 669. The van der Waals surface area contributed by atoms with Gasteiger partial charge in [0.05, 0.1) is 5.69 Å². The van der Waals surface area contributed by atoms with Crippen LogP contribution >= 0.6 is 12.4 Å². The Morgan fingerprint density at radius 2 is 1.71 bits per heavy atom. The van der Waals surface area contributed by atoms with E-state index in [-0.39, 0.29) is 39.5 Å². The van der Waals surface area contributed by atoms with Gasteiger partial charge < -0.3 is 10.8 Å². The average molecular weight is 276 g/mol. The van der Waals surface area contributed by atoms with Gasteiger partial charge in [-0.25, -0.2) is 0 Å². The van der Waals surface area contributed by atoms with Crippen molar-refractivity contribution in [1.29, 1.82) is 0 Å². The van der Waals surface area contributed by atoms with Crippen molar-refractivity contribution in [3.05, 3.63) is 30.3 Å². The van der Waals surface area contributed by atoms with Crippen molar-refractivity contribution in [2.75, 3.05) is 5.73 Å². The summed E-state index contributed by atoms with van der Waals surface area (Å²) in [6.07, 6.45) is 0. The van der Waals surface area contributed by atoms with E-state index >= 15 is 0 Å². The molecule has 92 valence electrons. The molecule has 0 amide bonds. The van der Waals surface area contributed by atoms with Crippen LogP contribution in [0.25, 0.3) is 10.8 Å². The lowest BCUT2D eigenvalue weighted by molar-refractivity contribution is 0.483. The molecule has 0 atom stereocenters. The second-order valence-corrected chi connectivity index (χ2v) is 4.72. The molecule has 0 bridgehead atoms. The number of phenols is 1. The van der Waals surface area contributed by atoms with E-state index in [4.69, 9.17) is 10.3 Å². The van der Waals surface area contributed by atoms with Crippen LogP contribution < -0.4 is 5.73 Å². The summed E-state index contributed by atoms with van der Waals surface area (Å²) in [6.45, 7) is 0. The Labute approximate surface area is 104 Å². The molecule has 0 aliphatic rings. The molecule has 4 N–H and O–H groups in total. The number of aromatic hydroxyl groups is 1. The van der Waals surface area contributed by atoms with Crippen LogP contribution in [0.3, 0.4) is 0 Å². The van der Waals surface area contributed by atoms with Gasteiger partial charge in [0, 0.05) is 10.8 Å². The highest BCUT2D eigenvalue weighted by atomic mass is 35.5. The van der Waals surface area contributed by atoms with E-state index < -0.39 is 10.1 Å². The third kappa shape index (κ3) is 2.28. The highest BCUT2D eigenvalue weighted by molar-refractivity contribution is 7.86. The molecule has 0 fully saturated rings. The van der Waals surface area contributed by atoms with Gasteiger partial charge in [-0.05, 0) is 12.1 Å². The summed E-state index contributed by atoms with van der Waals surface area (Å²) >= 11 is 0. The van der Waals surface area contributed by atoms with Crippen molar-refractivity contribution in [2.45, 2.75) is 4.90 Å². The van der Waals surface area contributed by atoms with Gasteiger partial charge in [0.2, 0.25) is 0 Å². The summed E-state index contributed by atoms with van der Waals surface area (Å²) in [4.78, 5) is -0.250. The van der Waals surface area contributed by atoms with Gasteiger partial charge in [0.1, 0.15) is 10.6 Å². The van der Waals surface area contributed by atoms with Crippen molar-refractivity contribution in [3.63, 3.8) is 0 Å². The minimum absolute atomic E-state index is 0. The van der Waals surface area contributed by atoms with Gasteiger partial charge in [0.15, 0.2) is 0 Å². The fraction of sp³-hybridized carbons (Fsp3) is 0. The molecule has 17 heavy (non-hydrogen) atoms. The highest BCUT2D eigenvalue weighted by Gasteiger charge is 2.15. The molecule has 2 aromatic rings. The van der Waals surface area contributed by atoms with Gasteiger partial charge in [-0.1, -0.05) is 18.2 Å². The summed E-state index contributed by atoms with van der Waals surface area (Å²) in [5, 5.41) is 10.2. The Kier molecular flexibility index (Phi) is 3.51. The third-order valence-corrected chi connectivity index (χ3v) is 3.21. The number of fused-ring (bicyclic) bond motifs is 1. The molecule has 0 saturated heterocycles. The predicted molar refractivity (Wildman–Crippen MR) is 67.1 cm³/mol. The number of rotatable bonds is 1. The van der Waals surface area contributed by atoms with Crippen LogP contribution in [0.15, 0.2) is 35.2 Å². The van der Waals surface area contributed by atoms with E-state index in [2.05, 4.69) is 0 Å². The number of hydrogen-bond acceptors (Lipinski definition) is 4. The molecule has 0 spiro atoms. The normalized spacial score (nSPS) is 11.1. The van der Waals surface area contributed by atoms with Crippen molar-refractivity contribution in [3.8, 4) is 5.75 Å². The minimum atomic E-state index is -4.31. The standard InChI is InChI=1S/C10H9NO4S.ClH/c11-8-5-4-6-7(10(8)12)2-1-3-9(6)16(13,14)15;/h1-5,12H,11H2,(H,13,14,15);1H. The van der Waals surface area contributed by atoms with E-state index in [0.717, 1.165) is 0 Å². The van der Waals surface area contributed by atoms with Crippen LogP contribution in [-0.4, -0.2) is 18.1 Å². The zero-order valence-electron chi connectivity index (χ0n) is 8.49. The molecule has 0 saturated carbocycles. The summed E-state index contributed by atoms with van der Waals surface area (Å²) in [5.74, 6) is -0.192. The number of benzene rings is 2. The summed E-state index contributed by atoms with van der Waals surface area (Å²) < 4.78 is 31.2. The van der Waals surface area contributed by atoms with Gasteiger partial charge in [-0.3, -0.25) is 4.55 Å². The SMILES string of the molecule is Cl.Nc1ccc2c(S(=O)(=O)O)cccc2c1O. The predicted octanol–water partition coefficient (Wildman–Crippen LogP) is 1.80. The lowest BCUT2D eigenvalue weighted by atomic mass is 10.1. The Morgan fingerprint density at radius 3 is 2.29 bits per heavy atom. The van der Waals surface area contributed by atoms with Gasteiger partial charge in [0.25, 0.3) is 10.1 Å². The summed E-state index contributed by atoms with van der Waals surface area (Å²) in [6, 6.07) is 7.02. The van der Waals surface area contributed by atoms with E-state index in [9.17, 15) is 13.5 Å². The molecule has 0 radical (unpaired) electrons. The van der Waals surface area contributed by atoms with Gasteiger partial charge >= 0.3 is 0 Å². The quantitative estimate of drug-likeness (QED) is 0.418. The fourth-order valence-electron chi connectivity index (χ4n) is 1.55. The van der Waals surface area contributed by atoms with Crippen LogP contribution in [0.2, 0.25) is 0 Å². The van der Waals surface area contributed by atoms with E-state index in [1.54, 1.807) is 0 Å². The Morgan fingerprint density at radius 1 is 1.06 bits per heavy atom. The fourth-order valence-corrected chi connectivity index (χ4v) is 2.26. The first-order chi connectivity index (χ1) is 7.41. The molecule has 0 heterocycles. The monoisotopic (exact) mass is 275 g/mol. The number of phenolic OH excluding ortho intramolecular Hbond substituents is 1. The lowest BCUT2D eigenvalue weighted by Crippen LogP contribution is -1.99. The Hall–Kier alpha value is -1.50. The van der Waals surface area contributed by atoms with E-state index in [1.807, 2.05) is 0 Å². The molecule has 2 aromatic carbocycles. The first-order valence-corrected chi connectivity index (χ1v) is 5.83. The first-order valence-electron chi connectivity index (χ1n) is 4.39. The molecule has 2 rings (SSSR count). The number of nitrogen functional groups attached to an aromatic ring is 1. The molecule has 0 aliphatic heterocycles. The lowest BCUT2D eigenvalue weighted by Gasteiger charge is -2.06. The number of halogens is 1. The molecule has 0 unspecified atom stereocenters.